The molecule has 0 spiro atoms. The molecule has 0 aliphatic rings. The van der Waals surface area contributed by atoms with Gasteiger partial charge in [-0.15, -0.1) is 10.2 Å². The number of thioether (sulfide) groups is 1. The second-order valence-electron chi connectivity index (χ2n) is 6.44. The van der Waals surface area contributed by atoms with Crippen molar-refractivity contribution in [1.29, 1.82) is 0 Å². The van der Waals surface area contributed by atoms with E-state index < -0.39 is 16.0 Å². The number of pyridine rings is 1. The largest absolute Gasteiger partial charge is 0.292 e. The van der Waals surface area contributed by atoms with Crippen LogP contribution in [0.25, 0.3) is 10.8 Å². The van der Waals surface area contributed by atoms with Crippen molar-refractivity contribution in [2.24, 2.45) is 0 Å². The van der Waals surface area contributed by atoms with Crippen LogP contribution in [0.2, 0.25) is 0 Å². The summed E-state index contributed by atoms with van der Waals surface area (Å²) in [6, 6.07) is 14.4. The molecule has 2 heterocycles. The standard InChI is InChI=1S/C19H14Br2FN5O2S2/c20-16-7-5-12(14-3-1-2-4-15(14)16)10-27-18(21)24-25-19(27)30-11-31(28,29)26-13-6-8-17(22)23-9-13/h1-9,26H,10-11H2. The molecular weight excluding hydrogens is 573 g/mol. The molecule has 12 heteroatoms. The zero-order valence-corrected chi connectivity index (χ0v) is 20.5. The highest BCUT2D eigenvalue weighted by Gasteiger charge is 2.18. The highest BCUT2D eigenvalue weighted by atomic mass is 79.9. The molecule has 0 unspecified atom stereocenters. The summed E-state index contributed by atoms with van der Waals surface area (Å²) in [5.41, 5.74) is 1.23. The van der Waals surface area contributed by atoms with Gasteiger partial charge in [0.05, 0.1) is 18.4 Å². The van der Waals surface area contributed by atoms with Gasteiger partial charge in [0, 0.05) is 4.47 Å². The molecule has 0 amide bonds. The van der Waals surface area contributed by atoms with Crippen LogP contribution in [0.15, 0.2) is 69.1 Å². The molecule has 2 aromatic heterocycles. The van der Waals surface area contributed by atoms with Crippen LogP contribution in [0, 0.1) is 5.95 Å². The second kappa shape index (κ2) is 9.23. The Morgan fingerprint density at radius 3 is 2.55 bits per heavy atom. The van der Waals surface area contributed by atoms with Gasteiger partial charge in [0.1, 0.15) is 5.08 Å². The van der Waals surface area contributed by atoms with Crippen molar-refractivity contribution < 1.29 is 12.8 Å². The molecule has 0 aliphatic heterocycles. The van der Waals surface area contributed by atoms with Crippen molar-refractivity contribution in [3.63, 3.8) is 0 Å². The summed E-state index contributed by atoms with van der Waals surface area (Å²) in [5.74, 6) is -0.684. The predicted molar refractivity (Wildman–Crippen MR) is 126 cm³/mol. The van der Waals surface area contributed by atoms with Crippen LogP contribution >= 0.6 is 43.6 Å². The first kappa shape index (κ1) is 22.2. The van der Waals surface area contributed by atoms with Gasteiger partial charge in [-0.05, 0) is 50.5 Å². The minimum Gasteiger partial charge on any atom is -0.292 e. The zero-order chi connectivity index (χ0) is 22.0. The minimum atomic E-state index is -3.72. The van der Waals surface area contributed by atoms with E-state index in [2.05, 4.69) is 51.8 Å². The number of hydrogen-bond acceptors (Lipinski definition) is 6. The average molecular weight is 587 g/mol. The maximum atomic E-state index is 12.9. The first-order valence-corrected chi connectivity index (χ1v) is 13.0. The molecule has 7 nitrogen and oxygen atoms in total. The maximum absolute atomic E-state index is 12.9. The molecule has 4 rings (SSSR count). The van der Waals surface area contributed by atoms with E-state index in [4.69, 9.17) is 0 Å². The van der Waals surface area contributed by atoms with E-state index in [1.54, 1.807) is 4.57 Å². The van der Waals surface area contributed by atoms with Crippen molar-refractivity contribution in [2.75, 3.05) is 9.81 Å². The van der Waals surface area contributed by atoms with E-state index in [1.807, 2.05) is 36.4 Å². The summed E-state index contributed by atoms with van der Waals surface area (Å²) in [5, 5.41) is 10.4. The van der Waals surface area contributed by atoms with E-state index in [1.165, 1.54) is 6.07 Å². The van der Waals surface area contributed by atoms with Crippen LogP contribution < -0.4 is 4.72 Å². The SMILES string of the molecule is O=S(=O)(CSc1nnc(Br)n1Cc1ccc(Br)c2ccccc12)Nc1ccc(F)nc1. The molecule has 0 fully saturated rings. The van der Waals surface area contributed by atoms with Gasteiger partial charge in [-0.25, -0.2) is 13.4 Å². The fourth-order valence-corrected chi connectivity index (χ4v) is 6.05. The first-order chi connectivity index (χ1) is 14.8. The molecule has 2 aromatic carbocycles. The second-order valence-corrected chi connectivity index (χ2v) is 11.0. The normalized spacial score (nSPS) is 11.7. The lowest BCUT2D eigenvalue weighted by atomic mass is 10.0. The number of hydrogen-bond donors (Lipinski definition) is 1. The minimum absolute atomic E-state index is 0.186. The molecular formula is C19H14Br2FN5O2S2. The van der Waals surface area contributed by atoms with Crippen molar-refractivity contribution in [3.8, 4) is 0 Å². The Hall–Kier alpha value is -2.02. The number of rotatable bonds is 7. The van der Waals surface area contributed by atoms with Crippen molar-refractivity contribution in [1.82, 2.24) is 19.7 Å². The molecule has 0 radical (unpaired) electrons. The number of fused-ring (bicyclic) bond motifs is 1. The molecule has 0 saturated heterocycles. The quantitative estimate of drug-likeness (QED) is 0.241. The zero-order valence-electron chi connectivity index (χ0n) is 15.7. The number of anilines is 1. The predicted octanol–water partition coefficient (Wildman–Crippen LogP) is 5.03. The van der Waals surface area contributed by atoms with Crippen molar-refractivity contribution in [2.45, 2.75) is 11.7 Å². The average Bonchev–Trinajstić information content (AvgIpc) is 3.10. The van der Waals surface area contributed by atoms with E-state index >= 15 is 0 Å². The summed E-state index contributed by atoms with van der Waals surface area (Å²) in [6.07, 6.45) is 1.12. The van der Waals surface area contributed by atoms with Crippen LogP contribution in [0.3, 0.4) is 0 Å². The third kappa shape index (κ3) is 5.25. The smallest absolute Gasteiger partial charge is 0.242 e. The number of halogens is 3. The summed E-state index contributed by atoms with van der Waals surface area (Å²) < 4.78 is 43.4. The molecule has 4 aromatic rings. The summed E-state index contributed by atoms with van der Waals surface area (Å²) in [7, 11) is -3.72. The maximum Gasteiger partial charge on any atom is 0.242 e. The summed E-state index contributed by atoms with van der Waals surface area (Å²) in [6.45, 7) is 0.457. The fraction of sp³-hybridized carbons (Fsp3) is 0.105. The Labute approximate surface area is 198 Å². The lowest BCUT2D eigenvalue weighted by molar-refractivity contribution is 0.583. The van der Waals surface area contributed by atoms with E-state index in [9.17, 15) is 12.8 Å². The van der Waals surface area contributed by atoms with Crippen LogP contribution in [-0.4, -0.2) is 33.3 Å². The molecule has 0 saturated carbocycles. The van der Waals surface area contributed by atoms with Crippen molar-refractivity contribution >= 4 is 70.1 Å². The Bertz CT molecular complexity index is 1350. The van der Waals surface area contributed by atoms with Crippen LogP contribution in [0.1, 0.15) is 5.56 Å². The van der Waals surface area contributed by atoms with Gasteiger partial charge >= 0.3 is 0 Å². The lowest BCUT2D eigenvalue weighted by Crippen LogP contribution is -2.15. The van der Waals surface area contributed by atoms with E-state index in [0.29, 0.717) is 16.4 Å². The fourth-order valence-electron chi connectivity index (χ4n) is 2.92. The summed E-state index contributed by atoms with van der Waals surface area (Å²) >= 11 is 7.99. The molecule has 0 atom stereocenters. The Kier molecular flexibility index (Phi) is 6.60. The number of benzene rings is 2. The monoisotopic (exact) mass is 585 g/mol. The van der Waals surface area contributed by atoms with E-state index in [-0.39, 0.29) is 10.8 Å². The lowest BCUT2D eigenvalue weighted by Gasteiger charge is -2.12. The molecule has 160 valence electrons. The Morgan fingerprint density at radius 1 is 1.03 bits per heavy atom. The third-order valence-corrected chi connectivity index (χ3v) is 8.40. The van der Waals surface area contributed by atoms with Crippen LogP contribution in [-0.2, 0) is 16.6 Å². The van der Waals surface area contributed by atoms with Crippen LogP contribution in [0.4, 0.5) is 10.1 Å². The van der Waals surface area contributed by atoms with Crippen molar-refractivity contribution in [3.05, 3.63) is 75.4 Å². The summed E-state index contributed by atoms with van der Waals surface area (Å²) in [4.78, 5) is 3.44. The van der Waals surface area contributed by atoms with Gasteiger partial charge in [-0.1, -0.05) is 58.0 Å². The molecule has 31 heavy (non-hydrogen) atoms. The van der Waals surface area contributed by atoms with Gasteiger partial charge < -0.3 is 0 Å². The van der Waals surface area contributed by atoms with Gasteiger partial charge in [0.15, 0.2) is 5.16 Å². The Balaban J connectivity index is 1.53. The van der Waals surface area contributed by atoms with Crippen LogP contribution in [0.5, 0.6) is 0 Å². The van der Waals surface area contributed by atoms with Gasteiger partial charge in [-0.3, -0.25) is 9.29 Å². The van der Waals surface area contributed by atoms with Gasteiger partial charge in [0.2, 0.25) is 20.7 Å². The number of sulfonamides is 1. The molecule has 0 bridgehead atoms. The number of aromatic nitrogens is 4. The van der Waals surface area contributed by atoms with E-state index in [0.717, 1.165) is 44.8 Å². The highest BCUT2D eigenvalue weighted by Crippen LogP contribution is 2.29. The van der Waals surface area contributed by atoms with Gasteiger partial charge in [-0.2, -0.15) is 4.39 Å². The first-order valence-electron chi connectivity index (χ1n) is 8.82. The Morgan fingerprint density at radius 2 is 1.81 bits per heavy atom. The number of nitrogens with one attached hydrogen (secondary N) is 1. The topological polar surface area (TPSA) is 89.8 Å². The van der Waals surface area contributed by atoms with Gasteiger partial charge in [0.25, 0.3) is 0 Å². The molecule has 1 N–H and O–H groups in total. The highest BCUT2D eigenvalue weighted by molar-refractivity contribution is 9.10. The molecule has 0 aliphatic carbocycles. The number of nitrogens with zero attached hydrogens (tertiary/aromatic N) is 4. The third-order valence-electron chi connectivity index (χ3n) is 4.31.